The van der Waals surface area contributed by atoms with Crippen molar-refractivity contribution in [2.45, 2.75) is 0 Å². The van der Waals surface area contributed by atoms with Crippen LogP contribution in [-0.2, 0) is 0 Å². The van der Waals surface area contributed by atoms with Crippen LogP contribution in [0.4, 0.5) is 5.69 Å². The molecule has 0 aliphatic rings. The second-order valence-electron chi connectivity index (χ2n) is 3.92. The maximum Gasteiger partial charge on any atom is 0.136 e. The molecule has 1 aromatic heterocycles. The van der Waals surface area contributed by atoms with Crippen LogP contribution in [0.25, 0.3) is 10.9 Å². The number of benzene rings is 2. The van der Waals surface area contributed by atoms with E-state index in [4.69, 9.17) is 16.5 Å². The van der Waals surface area contributed by atoms with Crippen LogP contribution >= 0.6 is 11.8 Å². The van der Waals surface area contributed by atoms with Crippen LogP contribution in [0, 0.1) is 0 Å². The Morgan fingerprint density at radius 1 is 1.00 bits per heavy atom. The number of aromatic amines is 1. The third-order valence-electron chi connectivity index (χ3n) is 2.75. The van der Waals surface area contributed by atoms with E-state index in [9.17, 15) is 0 Å². The minimum Gasteiger partial charge on any atom is -0.457 e. The third-order valence-corrected chi connectivity index (χ3v) is 2.96. The molecule has 90 valence electrons. The van der Waals surface area contributed by atoms with E-state index in [1.54, 1.807) is 0 Å². The highest BCUT2D eigenvalue weighted by Gasteiger charge is 2.03. The molecule has 0 saturated carbocycles. The first-order valence-corrected chi connectivity index (χ1v) is 5.95. The number of rotatable bonds is 3. The lowest BCUT2D eigenvalue weighted by molar-refractivity contribution is 0.488. The zero-order chi connectivity index (χ0) is 12.4. The molecule has 2 N–H and O–H groups in total. The lowest BCUT2D eigenvalue weighted by Crippen LogP contribution is -1.85. The Morgan fingerprint density at radius 3 is 2.61 bits per heavy atom. The zero-order valence-corrected chi connectivity index (χ0v) is 10.2. The van der Waals surface area contributed by atoms with Crippen LogP contribution < -0.4 is 9.57 Å². The van der Waals surface area contributed by atoms with Gasteiger partial charge in [-0.05, 0) is 42.5 Å². The molecule has 0 fully saturated rings. The second-order valence-corrected chi connectivity index (χ2v) is 4.10. The fourth-order valence-electron chi connectivity index (χ4n) is 1.86. The molecule has 0 unspecified atom stereocenters. The summed E-state index contributed by atoms with van der Waals surface area (Å²) in [6.07, 6.45) is 1.90. The summed E-state index contributed by atoms with van der Waals surface area (Å²) in [6, 6.07) is 15.4. The highest BCUT2D eigenvalue weighted by atomic mass is 35.5. The van der Waals surface area contributed by atoms with Crippen LogP contribution in [0.2, 0.25) is 0 Å². The van der Waals surface area contributed by atoms with Crippen LogP contribution in [0.5, 0.6) is 11.5 Å². The molecule has 0 aliphatic carbocycles. The fourth-order valence-corrected chi connectivity index (χ4v) is 1.98. The van der Waals surface area contributed by atoms with Gasteiger partial charge in [-0.2, -0.15) is 0 Å². The second kappa shape index (κ2) is 4.63. The molecule has 2 aromatic carbocycles. The van der Waals surface area contributed by atoms with Gasteiger partial charge in [-0.15, -0.1) is 0 Å². The Labute approximate surface area is 109 Å². The minimum absolute atomic E-state index is 0.777. The fraction of sp³-hybridized carbons (Fsp3) is 0. The first-order valence-electron chi connectivity index (χ1n) is 5.57. The molecule has 0 saturated heterocycles. The Bertz CT molecular complexity index is 661. The van der Waals surface area contributed by atoms with Gasteiger partial charge in [-0.1, -0.05) is 6.07 Å². The zero-order valence-electron chi connectivity index (χ0n) is 9.48. The third kappa shape index (κ3) is 2.00. The normalized spacial score (nSPS) is 10.5. The van der Waals surface area contributed by atoms with Crippen molar-refractivity contribution in [3.63, 3.8) is 0 Å². The molecule has 1 heterocycles. The van der Waals surface area contributed by atoms with Crippen LogP contribution in [0.15, 0.2) is 54.7 Å². The molecular weight excluding hydrogens is 248 g/mol. The summed E-state index contributed by atoms with van der Waals surface area (Å²) >= 11 is 5.51. The first-order chi connectivity index (χ1) is 8.86. The minimum atomic E-state index is 0.777. The summed E-state index contributed by atoms with van der Waals surface area (Å²) in [7, 11) is 0. The van der Waals surface area contributed by atoms with E-state index < -0.39 is 0 Å². The number of anilines is 1. The number of fused-ring (bicyclic) bond motifs is 1. The standard InChI is InChI=1S/C14H11ClN2O/c15-17-10-4-6-11(7-5-10)18-14-3-1-2-13-12(14)8-9-16-13/h1-9,16-17H. The van der Waals surface area contributed by atoms with E-state index in [1.165, 1.54) is 0 Å². The lowest BCUT2D eigenvalue weighted by Gasteiger charge is -2.07. The highest BCUT2D eigenvalue weighted by Crippen LogP contribution is 2.29. The van der Waals surface area contributed by atoms with E-state index in [0.717, 1.165) is 28.1 Å². The predicted molar refractivity (Wildman–Crippen MR) is 74.3 cm³/mol. The molecular formula is C14H11ClN2O. The van der Waals surface area contributed by atoms with Crippen molar-refractivity contribution in [1.82, 2.24) is 4.98 Å². The maximum absolute atomic E-state index is 5.86. The predicted octanol–water partition coefficient (Wildman–Crippen LogP) is 4.53. The largest absolute Gasteiger partial charge is 0.457 e. The Morgan fingerprint density at radius 2 is 1.83 bits per heavy atom. The maximum atomic E-state index is 5.86. The van der Waals surface area contributed by atoms with Crippen molar-refractivity contribution in [3.8, 4) is 11.5 Å². The summed E-state index contributed by atoms with van der Waals surface area (Å²) in [4.78, 5) is 5.71. The molecule has 0 atom stereocenters. The quantitative estimate of drug-likeness (QED) is 0.678. The summed E-state index contributed by atoms with van der Waals surface area (Å²) in [5.41, 5.74) is 1.90. The van der Waals surface area contributed by atoms with E-state index >= 15 is 0 Å². The number of hydrogen-bond donors (Lipinski definition) is 2. The van der Waals surface area contributed by atoms with Crippen LogP contribution in [-0.4, -0.2) is 4.98 Å². The summed E-state index contributed by atoms with van der Waals surface area (Å²) in [5.74, 6) is 1.61. The van der Waals surface area contributed by atoms with Gasteiger partial charge in [0.2, 0.25) is 0 Å². The van der Waals surface area contributed by atoms with Gasteiger partial charge >= 0.3 is 0 Å². The van der Waals surface area contributed by atoms with Crippen molar-refractivity contribution in [3.05, 3.63) is 54.7 Å². The van der Waals surface area contributed by atoms with Crippen LogP contribution in [0.3, 0.4) is 0 Å². The molecule has 0 spiro atoms. The molecule has 0 radical (unpaired) electrons. The van der Waals surface area contributed by atoms with Crippen molar-refractivity contribution in [1.29, 1.82) is 0 Å². The van der Waals surface area contributed by atoms with Crippen molar-refractivity contribution >= 4 is 28.4 Å². The average Bonchev–Trinajstić information content (AvgIpc) is 2.89. The molecule has 3 aromatic rings. The van der Waals surface area contributed by atoms with Gasteiger partial charge in [0.25, 0.3) is 0 Å². The Balaban J connectivity index is 1.93. The van der Waals surface area contributed by atoms with E-state index in [-0.39, 0.29) is 0 Å². The van der Waals surface area contributed by atoms with Crippen molar-refractivity contribution in [2.75, 3.05) is 4.84 Å². The molecule has 0 aliphatic heterocycles. The van der Waals surface area contributed by atoms with E-state index in [1.807, 2.05) is 54.7 Å². The molecule has 18 heavy (non-hydrogen) atoms. The summed E-state index contributed by atoms with van der Waals surface area (Å²) in [5, 5.41) is 1.07. The first kappa shape index (κ1) is 11.0. The van der Waals surface area contributed by atoms with Gasteiger partial charge in [0.1, 0.15) is 11.5 Å². The monoisotopic (exact) mass is 258 g/mol. The molecule has 4 heteroatoms. The highest BCUT2D eigenvalue weighted by molar-refractivity contribution is 6.23. The SMILES string of the molecule is ClNc1ccc(Oc2cccc3[nH]ccc23)cc1. The smallest absolute Gasteiger partial charge is 0.136 e. The number of halogens is 1. The molecule has 0 amide bonds. The van der Waals surface area contributed by atoms with Gasteiger partial charge in [0.15, 0.2) is 0 Å². The lowest BCUT2D eigenvalue weighted by atomic mass is 10.2. The Kier molecular flexibility index (Phi) is 2.82. The molecule has 3 nitrogen and oxygen atoms in total. The number of aromatic nitrogens is 1. The number of hydrogen-bond acceptors (Lipinski definition) is 2. The van der Waals surface area contributed by atoms with E-state index in [0.29, 0.717) is 0 Å². The number of ether oxygens (including phenoxy) is 1. The van der Waals surface area contributed by atoms with Crippen LogP contribution in [0.1, 0.15) is 0 Å². The van der Waals surface area contributed by atoms with Gasteiger partial charge in [0.05, 0.1) is 0 Å². The van der Waals surface area contributed by atoms with Gasteiger partial charge in [0, 0.05) is 34.6 Å². The summed E-state index contributed by atoms with van der Waals surface area (Å²) < 4.78 is 5.86. The molecule has 3 rings (SSSR count). The average molecular weight is 259 g/mol. The summed E-state index contributed by atoms with van der Waals surface area (Å²) in [6.45, 7) is 0. The van der Waals surface area contributed by atoms with Crippen molar-refractivity contribution < 1.29 is 4.74 Å². The van der Waals surface area contributed by atoms with Crippen molar-refractivity contribution in [2.24, 2.45) is 0 Å². The Hall–Kier alpha value is -2.13. The van der Waals surface area contributed by atoms with Gasteiger partial charge in [-0.3, -0.25) is 4.84 Å². The molecule has 0 bridgehead atoms. The number of H-pyrrole nitrogens is 1. The topological polar surface area (TPSA) is 37.0 Å². The van der Waals surface area contributed by atoms with Gasteiger partial charge in [-0.25, -0.2) is 0 Å². The van der Waals surface area contributed by atoms with Gasteiger partial charge < -0.3 is 9.72 Å². The number of nitrogens with one attached hydrogen (secondary N) is 2. The van der Waals surface area contributed by atoms with E-state index in [2.05, 4.69) is 9.82 Å².